The molecule has 0 bridgehead atoms. The Morgan fingerprint density at radius 1 is 0.870 bits per heavy atom. The molecule has 0 fully saturated rings. The molecule has 1 N–H and O–H groups in total. The molecule has 0 heterocycles. The third-order valence-electron chi connectivity index (χ3n) is 7.53. The van der Waals surface area contributed by atoms with Crippen LogP contribution in [-0.2, 0) is 32.6 Å². The molecule has 0 aliphatic rings. The predicted octanol–water partition coefficient (Wildman–Crippen LogP) is 7.33. The highest BCUT2D eigenvalue weighted by Gasteiger charge is 2.35. The monoisotopic (exact) mass is 723 g/mol. The van der Waals surface area contributed by atoms with Crippen molar-refractivity contribution in [3.8, 4) is 0 Å². The Morgan fingerprint density at radius 3 is 2.17 bits per heavy atom. The first-order valence-corrected chi connectivity index (χ1v) is 17.7. The van der Waals surface area contributed by atoms with Gasteiger partial charge >= 0.3 is 0 Å². The van der Waals surface area contributed by atoms with Gasteiger partial charge in [-0.2, -0.15) is 0 Å². The summed E-state index contributed by atoms with van der Waals surface area (Å²) in [5, 5.41) is 3.37. The van der Waals surface area contributed by atoms with E-state index >= 15 is 0 Å². The molecule has 4 aromatic carbocycles. The number of nitrogens with one attached hydrogen (secondary N) is 1. The lowest BCUT2D eigenvalue weighted by Crippen LogP contribution is -2.53. The van der Waals surface area contributed by atoms with E-state index in [0.717, 1.165) is 31.0 Å². The van der Waals surface area contributed by atoms with Crippen LogP contribution in [-0.4, -0.2) is 44.3 Å². The van der Waals surface area contributed by atoms with Gasteiger partial charge in [-0.15, -0.1) is 0 Å². The van der Waals surface area contributed by atoms with E-state index in [0.29, 0.717) is 11.6 Å². The Labute approximate surface area is 285 Å². The summed E-state index contributed by atoms with van der Waals surface area (Å²) in [5.41, 5.74) is 3.56. The van der Waals surface area contributed by atoms with Crippen LogP contribution in [0, 0.1) is 19.8 Å². The van der Waals surface area contributed by atoms with Gasteiger partial charge in [0.2, 0.25) is 11.8 Å². The molecule has 242 valence electrons. The molecule has 0 spiro atoms. The fourth-order valence-corrected chi connectivity index (χ4v) is 6.94. The molecule has 4 aromatic rings. The quantitative estimate of drug-likeness (QED) is 0.157. The van der Waals surface area contributed by atoms with E-state index in [2.05, 4.69) is 21.2 Å². The summed E-state index contributed by atoms with van der Waals surface area (Å²) in [6.07, 6.45) is 0.242. The molecule has 0 unspecified atom stereocenters. The van der Waals surface area contributed by atoms with E-state index in [1.807, 2.05) is 82.3 Å². The summed E-state index contributed by atoms with van der Waals surface area (Å²) in [7, 11) is -4.22. The van der Waals surface area contributed by atoms with Crippen LogP contribution in [0.4, 0.5) is 5.69 Å². The topological polar surface area (TPSA) is 86.8 Å². The van der Waals surface area contributed by atoms with E-state index in [9.17, 15) is 18.0 Å². The van der Waals surface area contributed by atoms with Crippen molar-refractivity contribution < 1.29 is 18.0 Å². The molecule has 0 aromatic heterocycles. The summed E-state index contributed by atoms with van der Waals surface area (Å²) in [6, 6.07) is 27.4. The van der Waals surface area contributed by atoms with Gasteiger partial charge in [-0.3, -0.25) is 13.9 Å². The summed E-state index contributed by atoms with van der Waals surface area (Å²) in [5.74, 6) is -0.655. The fourth-order valence-electron chi connectivity index (χ4n) is 4.91. The normalized spacial score (nSPS) is 12.1. The molecule has 1 atom stereocenters. The van der Waals surface area contributed by atoms with Crippen LogP contribution in [0.15, 0.2) is 106 Å². The van der Waals surface area contributed by atoms with Gasteiger partial charge in [0.15, 0.2) is 0 Å². The van der Waals surface area contributed by atoms with Crippen LogP contribution in [0.3, 0.4) is 0 Å². The first kappa shape index (κ1) is 35.2. The second-order valence-corrected chi connectivity index (χ2v) is 14.9. The van der Waals surface area contributed by atoms with Crippen LogP contribution < -0.4 is 9.62 Å². The Bertz CT molecular complexity index is 1770. The van der Waals surface area contributed by atoms with E-state index in [4.69, 9.17) is 11.6 Å². The summed E-state index contributed by atoms with van der Waals surface area (Å²) in [6.45, 7) is 7.65. The Balaban J connectivity index is 1.82. The number of hydrogen-bond donors (Lipinski definition) is 1. The average Bonchev–Trinajstić information content (AvgIpc) is 3.02. The van der Waals surface area contributed by atoms with Gasteiger partial charge in [0, 0.05) is 29.0 Å². The van der Waals surface area contributed by atoms with Crippen molar-refractivity contribution in [2.24, 2.45) is 5.92 Å². The molecule has 0 aliphatic carbocycles. The molecular weight excluding hydrogens is 686 g/mol. The number of anilines is 1. The third-order valence-corrected chi connectivity index (χ3v) is 10.2. The van der Waals surface area contributed by atoms with Gasteiger partial charge in [0.25, 0.3) is 10.0 Å². The van der Waals surface area contributed by atoms with Gasteiger partial charge in [-0.05, 0) is 72.9 Å². The largest absolute Gasteiger partial charge is 0.354 e. The van der Waals surface area contributed by atoms with Gasteiger partial charge in [0.1, 0.15) is 12.6 Å². The lowest BCUT2D eigenvalue weighted by atomic mass is 10.0. The Kier molecular flexibility index (Phi) is 12.1. The zero-order valence-electron chi connectivity index (χ0n) is 26.4. The Morgan fingerprint density at radius 2 is 1.54 bits per heavy atom. The van der Waals surface area contributed by atoms with E-state index in [1.54, 1.807) is 30.3 Å². The van der Waals surface area contributed by atoms with Gasteiger partial charge in [-0.25, -0.2) is 8.42 Å². The van der Waals surface area contributed by atoms with Gasteiger partial charge in [-0.1, -0.05) is 108 Å². The zero-order chi connectivity index (χ0) is 33.4. The van der Waals surface area contributed by atoms with E-state index < -0.39 is 28.5 Å². The number of amides is 2. The van der Waals surface area contributed by atoms with Crippen molar-refractivity contribution in [1.29, 1.82) is 0 Å². The summed E-state index contributed by atoms with van der Waals surface area (Å²) in [4.78, 5) is 30.0. The molecule has 0 saturated carbocycles. The summed E-state index contributed by atoms with van der Waals surface area (Å²) >= 11 is 9.97. The number of nitrogens with zero attached hydrogens (tertiary/aromatic N) is 2. The van der Waals surface area contributed by atoms with E-state index in [1.165, 1.54) is 17.0 Å². The first-order valence-electron chi connectivity index (χ1n) is 15.1. The van der Waals surface area contributed by atoms with Crippen molar-refractivity contribution >= 4 is 55.1 Å². The molecular formula is C36H39BrClN3O4S. The van der Waals surface area contributed by atoms with E-state index in [-0.39, 0.29) is 35.4 Å². The molecule has 0 radical (unpaired) electrons. The minimum absolute atomic E-state index is 0.0386. The number of rotatable bonds is 13. The highest BCUT2D eigenvalue weighted by Crippen LogP contribution is 2.29. The van der Waals surface area contributed by atoms with Crippen LogP contribution in [0.25, 0.3) is 0 Å². The minimum Gasteiger partial charge on any atom is -0.354 e. The molecule has 2 amide bonds. The SMILES string of the molecule is Cc1ccc(S(=O)(=O)N(CC(=O)N(Cc2cccc(Br)c2)[C@H](Cc2ccccc2)C(=O)NCC(C)C)c2ccc(C)c(Cl)c2)cc1. The maximum absolute atomic E-state index is 14.6. The van der Waals surface area contributed by atoms with Crippen molar-refractivity contribution in [2.75, 3.05) is 17.4 Å². The highest BCUT2D eigenvalue weighted by molar-refractivity contribution is 9.10. The van der Waals surface area contributed by atoms with Crippen molar-refractivity contribution in [2.45, 2.75) is 51.6 Å². The number of halogens is 2. The van der Waals surface area contributed by atoms with Crippen LogP contribution in [0.1, 0.15) is 36.1 Å². The maximum Gasteiger partial charge on any atom is 0.264 e. The second-order valence-electron chi connectivity index (χ2n) is 11.8. The highest BCUT2D eigenvalue weighted by atomic mass is 79.9. The zero-order valence-corrected chi connectivity index (χ0v) is 29.6. The molecule has 7 nitrogen and oxygen atoms in total. The number of sulfonamides is 1. The van der Waals surface area contributed by atoms with Gasteiger partial charge in [0.05, 0.1) is 10.6 Å². The smallest absolute Gasteiger partial charge is 0.264 e. The number of carbonyl (C=O) groups excluding carboxylic acids is 2. The van der Waals surface area contributed by atoms with Crippen molar-refractivity contribution in [3.63, 3.8) is 0 Å². The Hall–Kier alpha value is -3.66. The van der Waals surface area contributed by atoms with Crippen molar-refractivity contribution in [3.05, 3.63) is 129 Å². The average molecular weight is 725 g/mol. The van der Waals surface area contributed by atoms with Gasteiger partial charge < -0.3 is 10.2 Å². The predicted molar refractivity (Wildman–Crippen MR) is 188 cm³/mol. The minimum atomic E-state index is -4.22. The van der Waals surface area contributed by atoms with Crippen molar-refractivity contribution in [1.82, 2.24) is 10.2 Å². The molecule has 4 rings (SSSR count). The molecule has 0 saturated heterocycles. The number of aryl methyl sites for hydroxylation is 2. The molecule has 0 aliphatic heterocycles. The third kappa shape index (κ3) is 9.21. The first-order chi connectivity index (χ1) is 21.8. The summed E-state index contributed by atoms with van der Waals surface area (Å²) < 4.78 is 30.3. The van der Waals surface area contributed by atoms with Crippen LogP contribution >= 0.6 is 27.5 Å². The second kappa shape index (κ2) is 15.8. The maximum atomic E-state index is 14.6. The molecule has 10 heteroatoms. The number of hydrogen-bond acceptors (Lipinski definition) is 4. The lowest BCUT2D eigenvalue weighted by molar-refractivity contribution is -0.140. The van der Waals surface area contributed by atoms with Crippen LogP contribution in [0.2, 0.25) is 5.02 Å². The number of carbonyl (C=O) groups is 2. The van der Waals surface area contributed by atoms with Crippen LogP contribution in [0.5, 0.6) is 0 Å². The standard InChI is InChI=1S/C36H39BrClN3O4S/c1-25(2)22-39-36(43)34(20-28-9-6-5-7-10-28)40(23-29-11-8-12-30(37)19-29)35(42)24-41(31-16-15-27(4)33(38)21-31)46(44,45)32-17-13-26(3)14-18-32/h5-19,21,25,34H,20,22-24H2,1-4H3,(H,39,43)/t34-/m1/s1. The molecule has 46 heavy (non-hydrogen) atoms. The fraction of sp³-hybridized carbons (Fsp3) is 0.278. The number of benzene rings is 4. The lowest BCUT2D eigenvalue weighted by Gasteiger charge is -2.34.